The molecule has 3 nitrogen and oxygen atoms in total. The second-order valence-electron chi connectivity index (χ2n) is 6.22. The van der Waals surface area contributed by atoms with E-state index in [2.05, 4.69) is 16.8 Å². The van der Waals surface area contributed by atoms with Gasteiger partial charge >= 0.3 is 0 Å². The molecule has 126 valence electrons. The molecular formula is C19H20Cl2N2O. The molecule has 0 amide bonds. The Morgan fingerprint density at radius 2 is 1.62 bits per heavy atom. The van der Waals surface area contributed by atoms with Gasteiger partial charge < -0.3 is 4.90 Å². The van der Waals surface area contributed by atoms with Crippen LogP contribution in [0.2, 0.25) is 10.0 Å². The molecule has 0 spiro atoms. The summed E-state index contributed by atoms with van der Waals surface area (Å²) in [5.74, 6) is -0.0378. The van der Waals surface area contributed by atoms with E-state index in [-0.39, 0.29) is 5.78 Å². The number of hydrogen-bond acceptors (Lipinski definition) is 3. The molecule has 0 radical (unpaired) electrons. The van der Waals surface area contributed by atoms with E-state index in [1.807, 2.05) is 24.3 Å². The van der Waals surface area contributed by atoms with Crippen LogP contribution in [0.25, 0.3) is 0 Å². The summed E-state index contributed by atoms with van der Waals surface area (Å²) in [6.07, 6.45) is 0. The van der Waals surface area contributed by atoms with Crippen LogP contribution in [-0.2, 0) is 6.54 Å². The monoisotopic (exact) mass is 362 g/mol. The molecule has 1 aliphatic heterocycles. The molecule has 2 aromatic rings. The lowest BCUT2D eigenvalue weighted by Crippen LogP contribution is -2.44. The molecule has 0 atom stereocenters. The van der Waals surface area contributed by atoms with Crippen LogP contribution in [0.3, 0.4) is 0 Å². The van der Waals surface area contributed by atoms with Crippen molar-refractivity contribution in [2.75, 3.05) is 33.2 Å². The number of piperazine rings is 1. The van der Waals surface area contributed by atoms with Gasteiger partial charge in [-0.15, -0.1) is 0 Å². The van der Waals surface area contributed by atoms with Gasteiger partial charge in [0.25, 0.3) is 0 Å². The van der Waals surface area contributed by atoms with Gasteiger partial charge in [0.1, 0.15) is 0 Å². The highest BCUT2D eigenvalue weighted by Crippen LogP contribution is 2.23. The zero-order valence-electron chi connectivity index (χ0n) is 13.6. The predicted octanol–water partition coefficient (Wildman–Crippen LogP) is 3.97. The molecule has 24 heavy (non-hydrogen) atoms. The Hall–Kier alpha value is -1.39. The molecular weight excluding hydrogens is 343 g/mol. The summed E-state index contributed by atoms with van der Waals surface area (Å²) in [5, 5.41) is 0.949. The summed E-state index contributed by atoms with van der Waals surface area (Å²) in [4.78, 5) is 17.6. The van der Waals surface area contributed by atoms with E-state index in [9.17, 15) is 4.79 Å². The highest BCUT2D eigenvalue weighted by Gasteiger charge is 2.18. The summed E-state index contributed by atoms with van der Waals surface area (Å²) in [6, 6.07) is 12.8. The second kappa shape index (κ2) is 7.66. The van der Waals surface area contributed by atoms with E-state index >= 15 is 0 Å². The minimum Gasteiger partial charge on any atom is -0.304 e. The molecule has 0 aliphatic carbocycles. The number of likely N-dealkylation sites (N-methyl/N-ethyl adjacent to an activating group) is 1. The number of ketones is 1. The van der Waals surface area contributed by atoms with E-state index in [4.69, 9.17) is 23.2 Å². The average Bonchev–Trinajstić information content (AvgIpc) is 2.56. The van der Waals surface area contributed by atoms with Crippen molar-refractivity contribution >= 4 is 29.0 Å². The van der Waals surface area contributed by atoms with Crippen molar-refractivity contribution in [3.05, 3.63) is 69.2 Å². The molecule has 0 aromatic heterocycles. The minimum absolute atomic E-state index is 0.0378. The third-order valence-electron chi connectivity index (χ3n) is 4.38. The molecule has 1 saturated heterocycles. The normalized spacial score (nSPS) is 16.3. The number of hydrogen-bond donors (Lipinski definition) is 0. The lowest BCUT2D eigenvalue weighted by atomic mass is 9.98. The highest BCUT2D eigenvalue weighted by atomic mass is 35.5. The molecule has 5 heteroatoms. The lowest BCUT2D eigenvalue weighted by Gasteiger charge is -2.32. The van der Waals surface area contributed by atoms with Crippen molar-refractivity contribution in [1.82, 2.24) is 9.80 Å². The van der Waals surface area contributed by atoms with Crippen molar-refractivity contribution in [3.63, 3.8) is 0 Å². The summed E-state index contributed by atoms with van der Waals surface area (Å²) < 4.78 is 0. The maximum Gasteiger partial charge on any atom is 0.193 e. The molecule has 1 heterocycles. The fraction of sp³-hybridized carbons (Fsp3) is 0.316. The molecule has 0 bridgehead atoms. The SMILES string of the molecule is CN1CCN(Cc2ccccc2C(=O)c2cc(Cl)cc(Cl)c2)CC1. The average molecular weight is 363 g/mol. The van der Waals surface area contributed by atoms with Crippen molar-refractivity contribution < 1.29 is 4.79 Å². The Kier molecular flexibility index (Phi) is 5.57. The third-order valence-corrected chi connectivity index (χ3v) is 4.81. The molecule has 3 rings (SSSR count). The minimum atomic E-state index is -0.0378. The summed E-state index contributed by atoms with van der Waals surface area (Å²) in [5.41, 5.74) is 2.29. The molecule has 0 N–H and O–H groups in total. The lowest BCUT2D eigenvalue weighted by molar-refractivity contribution is 0.103. The van der Waals surface area contributed by atoms with Gasteiger partial charge in [0.05, 0.1) is 0 Å². The van der Waals surface area contributed by atoms with E-state index in [0.29, 0.717) is 15.6 Å². The smallest absolute Gasteiger partial charge is 0.193 e. The quantitative estimate of drug-likeness (QED) is 0.768. The van der Waals surface area contributed by atoms with Crippen molar-refractivity contribution in [1.29, 1.82) is 0 Å². The first-order valence-electron chi connectivity index (χ1n) is 8.02. The topological polar surface area (TPSA) is 23.6 Å². The van der Waals surface area contributed by atoms with Crippen molar-refractivity contribution in [2.45, 2.75) is 6.54 Å². The van der Waals surface area contributed by atoms with Crippen LogP contribution < -0.4 is 0 Å². The first-order valence-corrected chi connectivity index (χ1v) is 8.78. The van der Waals surface area contributed by atoms with Gasteiger partial charge in [-0.05, 0) is 30.8 Å². The maximum atomic E-state index is 12.9. The van der Waals surface area contributed by atoms with Gasteiger partial charge in [-0.25, -0.2) is 0 Å². The van der Waals surface area contributed by atoms with Crippen LogP contribution in [0.5, 0.6) is 0 Å². The summed E-state index contributed by atoms with van der Waals surface area (Å²) in [6.45, 7) is 4.92. The zero-order chi connectivity index (χ0) is 17.1. The van der Waals surface area contributed by atoms with E-state index < -0.39 is 0 Å². The maximum absolute atomic E-state index is 12.9. The van der Waals surface area contributed by atoms with Crippen LogP contribution in [0, 0.1) is 0 Å². The number of carbonyl (C=O) groups excluding carboxylic acids is 1. The van der Waals surface area contributed by atoms with Gasteiger partial charge in [0.15, 0.2) is 5.78 Å². The predicted molar refractivity (Wildman–Crippen MR) is 99.1 cm³/mol. The number of rotatable bonds is 4. The van der Waals surface area contributed by atoms with Crippen LogP contribution >= 0.6 is 23.2 Å². The van der Waals surface area contributed by atoms with Gasteiger partial charge in [0, 0.05) is 53.9 Å². The van der Waals surface area contributed by atoms with E-state index in [1.165, 1.54) is 0 Å². The Morgan fingerprint density at radius 1 is 1.00 bits per heavy atom. The number of benzene rings is 2. The fourth-order valence-corrected chi connectivity index (χ4v) is 3.49. The van der Waals surface area contributed by atoms with Crippen LogP contribution in [0.4, 0.5) is 0 Å². The van der Waals surface area contributed by atoms with Crippen molar-refractivity contribution in [3.8, 4) is 0 Å². The zero-order valence-corrected chi connectivity index (χ0v) is 15.1. The number of nitrogens with zero attached hydrogens (tertiary/aromatic N) is 2. The van der Waals surface area contributed by atoms with E-state index in [0.717, 1.165) is 43.9 Å². The van der Waals surface area contributed by atoms with Gasteiger partial charge in [-0.3, -0.25) is 9.69 Å². The van der Waals surface area contributed by atoms with E-state index in [1.54, 1.807) is 18.2 Å². The first-order chi connectivity index (χ1) is 11.5. The van der Waals surface area contributed by atoms with Crippen molar-refractivity contribution in [2.24, 2.45) is 0 Å². The molecule has 1 aliphatic rings. The number of carbonyl (C=O) groups is 1. The first kappa shape index (κ1) is 17.4. The largest absolute Gasteiger partial charge is 0.304 e. The van der Waals surface area contributed by atoms with Gasteiger partial charge in [-0.1, -0.05) is 47.5 Å². The Bertz CT molecular complexity index is 720. The summed E-state index contributed by atoms with van der Waals surface area (Å²) in [7, 11) is 2.14. The third kappa shape index (κ3) is 4.17. The molecule has 2 aromatic carbocycles. The molecule has 1 fully saturated rings. The fourth-order valence-electron chi connectivity index (χ4n) is 2.97. The number of halogens is 2. The second-order valence-corrected chi connectivity index (χ2v) is 7.10. The highest BCUT2D eigenvalue weighted by molar-refractivity contribution is 6.35. The van der Waals surface area contributed by atoms with Gasteiger partial charge in [0.2, 0.25) is 0 Å². The Morgan fingerprint density at radius 3 is 2.29 bits per heavy atom. The summed E-state index contributed by atoms with van der Waals surface area (Å²) >= 11 is 12.1. The molecule has 0 unspecified atom stereocenters. The Balaban J connectivity index is 1.84. The standard InChI is InChI=1S/C19H20Cl2N2O/c1-22-6-8-23(9-7-22)13-14-4-2-3-5-18(14)19(24)15-10-16(20)12-17(21)11-15/h2-5,10-12H,6-9,13H2,1H3. The van der Waals surface area contributed by atoms with Crippen LogP contribution in [0.1, 0.15) is 21.5 Å². The molecule has 0 saturated carbocycles. The van der Waals surface area contributed by atoms with Crippen LogP contribution in [-0.4, -0.2) is 48.8 Å². The van der Waals surface area contributed by atoms with Crippen LogP contribution in [0.15, 0.2) is 42.5 Å². The van der Waals surface area contributed by atoms with Gasteiger partial charge in [-0.2, -0.15) is 0 Å². The Labute approximate surface area is 152 Å².